The number of carbonyl (C=O) groups is 1. The molecule has 0 aliphatic rings. The van der Waals surface area contributed by atoms with Gasteiger partial charge in [0.2, 0.25) is 0 Å². The molecule has 2 aromatic heterocycles. The van der Waals surface area contributed by atoms with Gasteiger partial charge in [0, 0.05) is 29.3 Å². The number of nitrogens with zero attached hydrogens (tertiary/aromatic N) is 2. The summed E-state index contributed by atoms with van der Waals surface area (Å²) in [5.41, 5.74) is 5.58. The van der Waals surface area contributed by atoms with Crippen molar-refractivity contribution in [3.63, 3.8) is 0 Å². The fraction of sp³-hybridized carbons (Fsp3) is 0.0870. The van der Waals surface area contributed by atoms with Gasteiger partial charge in [-0.15, -0.1) is 11.3 Å². The van der Waals surface area contributed by atoms with Crippen LogP contribution in [-0.2, 0) is 0 Å². The fourth-order valence-electron chi connectivity index (χ4n) is 3.00. The summed E-state index contributed by atoms with van der Waals surface area (Å²) in [6, 6.07) is 19.1. The number of thiazole rings is 1. The first-order valence-corrected chi connectivity index (χ1v) is 10.0. The quantitative estimate of drug-likeness (QED) is 0.433. The highest BCUT2D eigenvalue weighted by Gasteiger charge is 2.14. The van der Waals surface area contributed by atoms with Crippen molar-refractivity contribution in [1.29, 1.82) is 0 Å². The topological polar surface area (TPSA) is 66.9 Å². The lowest BCUT2D eigenvalue weighted by atomic mass is 10.1. The van der Waals surface area contributed by atoms with E-state index < -0.39 is 0 Å². The molecule has 4 aromatic rings. The lowest BCUT2D eigenvalue weighted by Gasteiger charge is -2.09. The molecule has 0 saturated heterocycles. The maximum absolute atomic E-state index is 12.4. The molecular weight excluding hydrogens is 380 g/mol. The van der Waals surface area contributed by atoms with Gasteiger partial charge in [-0.1, -0.05) is 29.8 Å². The van der Waals surface area contributed by atoms with Gasteiger partial charge in [0.05, 0.1) is 15.6 Å². The van der Waals surface area contributed by atoms with Crippen LogP contribution in [0.2, 0.25) is 0 Å². The van der Waals surface area contributed by atoms with Gasteiger partial charge >= 0.3 is 6.03 Å². The second kappa shape index (κ2) is 8.24. The third kappa shape index (κ3) is 4.50. The molecule has 0 spiro atoms. The van der Waals surface area contributed by atoms with Crippen molar-refractivity contribution in [1.82, 2.24) is 9.97 Å². The van der Waals surface area contributed by atoms with Gasteiger partial charge in [0.15, 0.2) is 0 Å². The van der Waals surface area contributed by atoms with E-state index in [1.807, 2.05) is 74.5 Å². The molecule has 144 valence electrons. The monoisotopic (exact) mass is 400 g/mol. The van der Waals surface area contributed by atoms with Crippen molar-refractivity contribution in [3.8, 4) is 21.7 Å². The van der Waals surface area contributed by atoms with Gasteiger partial charge in [-0.05, 0) is 55.8 Å². The predicted octanol–water partition coefficient (Wildman–Crippen LogP) is 6.13. The van der Waals surface area contributed by atoms with E-state index in [4.69, 9.17) is 4.98 Å². The summed E-state index contributed by atoms with van der Waals surface area (Å²) in [4.78, 5) is 22.2. The van der Waals surface area contributed by atoms with Gasteiger partial charge in [-0.2, -0.15) is 0 Å². The molecule has 0 fully saturated rings. The highest BCUT2D eigenvalue weighted by molar-refractivity contribution is 7.15. The molecule has 0 bridgehead atoms. The number of hydrogen-bond acceptors (Lipinski definition) is 4. The van der Waals surface area contributed by atoms with Crippen LogP contribution in [0.1, 0.15) is 10.6 Å². The third-order valence-corrected chi connectivity index (χ3v) is 5.40. The number of amides is 2. The first-order valence-electron chi connectivity index (χ1n) is 9.21. The Hall–Kier alpha value is -3.51. The maximum atomic E-state index is 12.4. The van der Waals surface area contributed by atoms with E-state index in [-0.39, 0.29) is 6.03 Å². The second-order valence-electron chi connectivity index (χ2n) is 6.67. The SMILES string of the molecule is Cc1ccc(NC(=O)Nc2cccc(-c3sc(C)nc3-c3ccncc3)c2)cc1. The second-order valence-corrected chi connectivity index (χ2v) is 7.88. The number of nitrogens with one attached hydrogen (secondary N) is 2. The average Bonchev–Trinajstić information content (AvgIpc) is 3.12. The van der Waals surface area contributed by atoms with Crippen LogP contribution in [0.15, 0.2) is 73.1 Å². The predicted molar refractivity (Wildman–Crippen MR) is 119 cm³/mol. The first-order chi connectivity index (χ1) is 14.1. The van der Waals surface area contributed by atoms with E-state index in [0.29, 0.717) is 0 Å². The molecule has 2 heterocycles. The number of urea groups is 1. The van der Waals surface area contributed by atoms with Crippen LogP contribution in [-0.4, -0.2) is 16.0 Å². The summed E-state index contributed by atoms with van der Waals surface area (Å²) in [6.07, 6.45) is 3.53. The summed E-state index contributed by atoms with van der Waals surface area (Å²) in [6.45, 7) is 4.01. The number of benzene rings is 2. The van der Waals surface area contributed by atoms with Crippen LogP contribution in [0.25, 0.3) is 21.7 Å². The Morgan fingerprint density at radius 3 is 2.34 bits per heavy atom. The molecule has 0 atom stereocenters. The number of pyridine rings is 1. The zero-order valence-corrected chi connectivity index (χ0v) is 17.0. The Morgan fingerprint density at radius 1 is 0.862 bits per heavy atom. The van der Waals surface area contributed by atoms with Gasteiger partial charge in [-0.3, -0.25) is 4.98 Å². The first kappa shape index (κ1) is 18.8. The third-order valence-electron chi connectivity index (χ3n) is 4.38. The molecule has 5 nitrogen and oxygen atoms in total. The van der Waals surface area contributed by atoms with Crippen molar-refractivity contribution in [2.45, 2.75) is 13.8 Å². The number of aromatic nitrogens is 2. The number of rotatable bonds is 4. The summed E-state index contributed by atoms with van der Waals surface area (Å²) in [5.74, 6) is 0. The molecule has 0 unspecified atom stereocenters. The highest BCUT2D eigenvalue weighted by Crippen LogP contribution is 2.37. The minimum atomic E-state index is -0.277. The number of aryl methyl sites for hydroxylation is 2. The van der Waals surface area contributed by atoms with E-state index in [2.05, 4.69) is 15.6 Å². The van der Waals surface area contributed by atoms with Gasteiger partial charge in [0.25, 0.3) is 0 Å². The summed E-state index contributed by atoms with van der Waals surface area (Å²) >= 11 is 1.63. The van der Waals surface area contributed by atoms with E-state index in [0.717, 1.165) is 43.6 Å². The van der Waals surface area contributed by atoms with Crippen LogP contribution in [0.3, 0.4) is 0 Å². The molecule has 0 aliphatic carbocycles. The zero-order chi connectivity index (χ0) is 20.2. The van der Waals surface area contributed by atoms with Gasteiger partial charge in [0.1, 0.15) is 0 Å². The molecule has 2 N–H and O–H groups in total. The Kier molecular flexibility index (Phi) is 5.35. The molecule has 0 aliphatic heterocycles. The largest absolute Gasteiger partial charge is 0.323 e. The Morgan fingerprint density at radius 2 is 1.59 bits per heavy atom. The Labute approximate surface area is 173 Å². The number of anilines is 2. The van der Waals surface area contributed by atoms with Crippen molar-refractivity contribution in [2.75, 3.05) is 10.6 Å². The number of hydrogen-bond donors (Lipinski definition) is 2. The summed E-state index contributed by atoms with van der Waals surface area (Å²) < 4.78 is 0. The zero-order valence-electron chi connectivity index (χ0n) is 16.1. The number of carbonyl (C=O) groups excluding carboxylic acids is 1. The van der Waals surface area contributed by atoms with Crippen molar-refractivity contribution in [3.05, 3.63) is 83.6 Å². The standard InChI is InChI=1S/C23H20N4OS/c1-15-6-8-19(9-7-15)26-23(28)27-20-5-3-4-18(14-20)22-21(25-16(2)29-22)17-10-12-24-13-11-17/h3-14H,1-2H3,(H2,26,27,28). The molecule has 2 aromatic carbocycles. The van der Waals surface area contributed by atoms with Crippen LogP contribution in [0, 0.1) is 13.8 Å². The van der Waals surface area contributed by atoms with Crippen LogP contribution >= 0.6 is 11.3 Å². The molecule has 6 heteroatoms. The minimum absolute atomic E-state index is 0.277. The average molecular weight is 401 g/mol. The van der Waals surface area contributed by atoms with Crippen molar-refractivity contribution in [2.24, 2.45) is 0 Å². The lowest BCUT2D eigenvalue weighted by molar-refractivity contribution is 0.262. The Balaban J connectivity index is 1.57. The van der Waals surface area contributed by atoms with Crippen LogP contribution < -0.4 is 10.6 Å². The summed E-state index contributed by atoms with van der Waals surface area (Å²) in [7, 11) is 0. The van der Waals surface area contributed by atoms with E-state index in [1.54, 1.807) is 23.7 Å². The van der Waals surface area contributed by atoms with E-state index in [1.165, 1.54) is 0 Å². The molecule has 0 saturated carbocycles. The lowest BCUT2D eigenvalue weighted by Crippen LogP contribution is -2.19. The molecule has 29 heavy (non-hydrogen) atoms. The van der Waals surface area contributed by atoms with Crippen molar-refractivity contribution < 1.29 is 4.79 Å². The van der Waals surface area contributed by atoms with E-state index >= 15 is 0 Å². The highest BCUT2D eigenvalue weighted by atomic mass is 32.1. The smallest absolute Gasteiger partial charge is 0.308 e. The Bertz CT molecular complexity index is 1140. The van der Waals surface area contributed by atoms with Crippen LogP contribution in [0.4, 0.5) is 16.2 Å². The van der Waals surface area contributed by atoms with Gasteiger partial charge < -0.3 is 10.6 Å². The fourth-order valence-corrected chi connectivity index (χ4v) is 3.93. The minimum Gasteiger partial charge on any atom is -0.308 e. The van der Waals surface area contributed by atoms with E-state index in [9.17, 15) is 4.79 Å². The van der Waals surface area contributed by atoms with Crippen LogP contribution in [0.5, 0.6) is 0 Å². The van der Waals surface area contributed by atoms with Gasteiger partial charge in [-0.25, -0.2) is 9.78 Å². The molecule has 2 amide bonds. The molecule has 0 radical (unpaired) electrons. The normalized spacial score (nSPS) is 10.6. The maximum Gasteiger partial charge on any atom is 0.323 e. The molecular formula is C23H20N4OS. The van der Waals surface area contributed by atoms with Crippen molar-refractivity contribution >= 4 is 28.7 Å². The summed E-state index contributed by atoms with van der Waals surface area (Å²) in [5, 5.41) is 6.75. The molecule has 4 rings (SSSR count).